The van der Waals surface area contributed by atoms with Gasteiger partial charge in [-0.2, -0.15) is 0 Å². The molecule has 0 aliphatic carbocycles. The molecule has 0 aliphatic rings. The first-order chi connectivity index (χ1) is 12.8. The van der Waals surface area contributed by atoms with E-state index in [9.17, 15) is 22.0 Å². The Morgan fingerprint density at radius 1 is 1.07 bits per heavy atom. The number of hydrogen-bond acceptors (Lipinski definition) is 5. The number of hydrogen-bond donors (Lipinski definition) is 2. The van der Waals surface area contributed by atoms with E-state index in [4.69, 9.17) is 9.47 Å². The van der Waals surface area contributed by atoms with E-state index in [2.05, 4.69) is 10.0 Å². The number of halogens is 2. The minimum Gasteiger partial charge on any atom is -0.484 e. The summed E-state index contributed by atoms with van der Waals surface area (Å²) in [6.07, 6.45) is 0. The van der Waals surface area contributed by atoms with Gasteiger partial charge < -0.3 is 14.8 Å². The maximum Gasteiger partial charge on any atom is 0.262 e. The molecule has 7 nitrogen and oxygen atoms in total. The number of anilines is 1. The Hall–Kier alpha value is -2.56. The van der Waals surface area contributed by atoms with Crippen molar-refractivity contribution in [2.45, 2.75) is 4.90 Å². The lowest BCUT2D eigenvalue weighted by Gasteiger charge is -2.09. The van der Waals surface area contributed by atoms with Crippen molar-refractivity contribution in [2.24, 2.45) is 0 Å². The van der Waals surface area contributed by atoms with Crippen LogP contribution in [0.2, 0.25) is 0 Å². The highest BCUT2D eigenvalue weighted by atomic mass is 32.2. The van der Waals surface area contributed by atoms with Crippen LogP contribution >= 0.6 is 0 Å². The lowest BCUT2D eigenvalue weighted by molar-refractivity contribution is -0.118. The van der Waals surface area contributed by atoms with Gasteiger partial charge in [0.1, 0.15) is 5.75 Å². The minimum atomic E-state index is -3.66. The van der Waals surface area contributed by atoms with Crippen LogP contribution in [0.25, 0.3) is 0 Å². The summed E-state index contributed by atoms with van der Waals surface area (Å²) in [5.41, 5.74) is 0.0890. The predicted octanol–water partition coefficient (Wildman–Crippen LogP) is 1.91. The van der Waals surface area contributed by atoms with Gasteiger partial charge in [-0.3, -0.25) is 4.79 Å². The summed E-state index contributed by atoms with van der Waals surface area (Å²) < 4.78 is 62.3. The molecule has 0 bridgehead atoms. The van der Waals surface area contributed by atoms with Crippen molar-refractivity contribution in [3.8, 4) is 5.75 Å². The Bertz CT molecular complexity index is 889. The van der Waals surface area contributed by atoms with E-state index in [0.717, 1.165) is 12.1 Å². The van der Waals surface area contributed by atoms with Gasteiger partial charge in [0.15, 0.2) is 18.2 Å². The highest BCUT2D eigenvalue weighted by Gasteiger charge is 2.13. The summed E-state index contributed by atoms with van der Waals surface area (Å²) in [4.78, 5) is 11.8. The van der Waals surface area contributed by atoms with Crippen molar-refractivity contribution in [1.29, 1.82) is 0 Å². The minimum absolute atomic E-state index is 0.0391. The second kappa shape index (κ2) is 9.40. The smallest absolute Gasteiger partial charge is 0.262 e. The molecule has 2 N–H and O–H groups in total. The molecule has 2 rings (SSSR count). The Kier molecular flexibility index (Phi) is 7.22. The standard InChI is InChI=1S/C17H18F2N2O5S/c1-25-9-8-20-27(23,24)14-5-3-13(4-6-14)26-11-17(22)21-12-2-7-15(18)16(19)10-12/h2-7,10,20H,8-9,11H2,1H3,(H,21,22). The van der Waals surface area contributed by atoms with E-state index >= 15 is 0 Å². The molecule has 0 atom stereocenters. The van der Waals surface area contributed by atoms with Crippen LogP contribution in [0.1, 0.15) is 0 Å². The Morgan fingerprint density at radius 3 is 2.41 bits per heavy atom. The largest absolute Gasteiger partial charge is 0.484 e. The van der Waals surface area contributed by atoms with Crippen molar-refractivity contribution in [3.05, 3.63) is 54.1 Å². The molecule has 0 saturated carbocycles. The zero-order valence-electron chi connectivity index (χ0n) is 14.4. The normalized spacial score (nSPS) is 11.2. The molecule has 2 aromatic rings. The number of amides is 1. The average Bonchev–Trinajstić information content (AvgIpc) is 2.63. The Morgan fingerprint density at radius 2 is 1.78 bits per heavy atom. The maximum atomic E-state index is 13.1. The fourth-order valence-electron chi connectivity index (χ4n) is 2.00. The van der Waals surface area contributed by atoms with Crippen LogP contribution < -0.4 is 14.8 Å². The van der Waals surface area contributed by atoms with E-state index in [1.165, 1.54) is 37.4 Å². The molecule has 0 saturated heterocycles. The maximum absolute atomic E-state index is 13.1. The van der Waals surface area contributed by atoms with Gasteiger partial charge in [0.25, 0.3) is 5.91 Å². The number of carbonyl (C=O) groups excluding carboxylic acids is 1. The molecule has 0 unspecified atom stereocenters. The summed E-state index contributed by atoms with van der Waals surface area (Å²) in [7, 11) is -2.20. The summed E-state index contributed by atoms with van der Waals surface area (Å²) >= 11 is 0. The van der Waals surface area contributed by atoms with Gasteiger partial charge in [0.2, 0.25) is 10.0 Å². The van der Waals surface area contributed by atoms with Crippen LogP contribution in [-0.4, -0.2) is 41.2 Å². The third kappa shape index (κ3) is 6.27. The number of ether oxygens (including phenoxy) is 2. The number of nitrogens with one attached hydrogen (secondary N) is 2. The van der Waals surface area contributed by atoms with Crippen molar-refractivity contribution in [3.63, 3.8) is 0 Å². The second-order valence-corrected chi connectivity index (χ2v) is 7.09. The lowest BCUT2D eigenvalue weighted by atomic mass is 10.3. The predicted molar refractivity (Wildman–Crippen MR) is 94.0 cm³/mol. The monoisotopic (exact) mass is 400 g/mol. The van der Waals surface area contributed by atoms with Gasteiger partial charge in [-0.05, 0) is 36.4 Å². The number of benzene rings is 2. The zero-order chi connectivity index (χ0) is 19.9. The van der Waals surface area contributed by atoms with Gasteiger partial charge in [0.05, 0.1) is 11.5 Å². The molecule has 0 radical (unpaired) electrons. The molecule has 0 heterocycles. The van der Waals surface area contributed by atoms with E-state index in [1.807, 2.05) is 0 Å². The number of carbonyl (C=O) groups is 1. The molecule has 146 valence electrons. The molecule has 27 heavy (non-hydrogen) atoms. The van der Waals surface area contributed by atoms with Crippen molar-refractivity contribution in [1.82, 2.24) is 4.72 Å². The molecule has 0 spiro atoms. The lowest BCUT2D eigenvalue weighted by Crippen LogP contribution is -2.27. The molecule has 2 aromatic carbocycles. The first kappa shape index (κ1) is 20.7. The van der Waals surface area contributed by atoms with Gasteiger partial charge in [-0.15, -0.1) is 0 Å². The number of methoxy groups -OCH3 is 1. The average molecular weight is 400 g/mol. The molecule has 0 aromatic heterocycles. The highest BCUT2D eigenvalue weighted by Crippen LogP contribution is 2.16. The van der Waals surface area contributed by atoms with Crippen molar-refractivity contribution in [2.75, 3.05) is 32.2 Å². The quantitative estimate of drug-likeness (QED) is 0.627. The van der Waals surface area contributed by atoms with Gasteiger partial charge in [-0.25, -0.2) is 21.9 Å². The highest BCUT2D eigenvalue weighted by molar-refractivity contribution is 7.89. The molecule has 10 heteroatoms. The van der Waals surface area contributed by atoms with E-state index in [-0.39, 0.29) is 29.5 Å². The summed E-state index contributed by atoms with van der Waals surface area (Å²) in [6, 6.07) is 8.42. The molecule has 0 aliphatic heterocycles. The van der Waals surface area contributed by atoms with Crippen LogP contribution in [0, 0.1) is 11.6 Å². The molecular formula is C17H18F2N2O5S. The van der Waals surface area contributed by atoms with E-state index in [1.54, 1.807) is 0 Å². The van der Waals surface area contributed by atoms with Crippen LogP contribution in [-0.2, 0) is 19.6 Å². The first-order valence-corrected chi connectivity index (χ1v) is 9.26. The van der Waals surface area contributed by atoms with Crippen LogP contribution in [0.5, 0.6) is 5.75 Å². The molecular weight excluding hydrogens is 382 g/mol. The first-order valence-electron chi connectivity index (χ1n) is 7.78. The topological polar surface area (TPSA) is 93.7 Å². The second-order valence-electron chi connectivity index (χ2n) is 5.33. The summed E-state index contributed by atoms with van der Waals surface area (Å²) in [5.74, 6) is -2.41. The van der Waals surface area contributed by atoms with Gasteiger partial charge in [0, 0.05) is 25.4 Å². The van der Waals surface area contributed by atoms with E-state index < -0.39 is 34.2 Å². The van der Waals surface area contributed by atoms with Gasteiger partial charge in [-0.1, -0.05) is 0 Å². The zero-order valence-corrected chi connectivity index (χ0v) is 15.2. The third-order valence-corrected chi connectivity index (χ3v) is 4.78. The fourth-order valence-corrected chi connectivity index (χ4v) is 3.01. The fraction of sp³-hybridized carbons (Fsp3) is 0.235. The Labute approximate surface area is 155 Å². The van der Waals surface area contributed by atoms with Gasteiger partial charge >= 0.3 is 0 Å². The van der Waals surface area contributed by atoms with Crippen LogP contribution in [0.3, 0.4) is 0 Å². The van der Waals surface area contributed by atoms with Crippen LogP contribution in [0.15, 0.2) is 47.4 Å². The van der Waals surface area contributed by atoms with Crippen molar-refractivity contribution < 1.29 is 31.5 Å². The third-order valence-electron chi connectivity index (χ3n) is 3.31. The SMILES string of the molecule is COCCNS(=O)(=O)c1ccc(OCC(=O)Nc2ccc(F)c(F)c2)cc1. The van der Waals surface area contributed by atoms with E-state index in [0.29, 0.717) is 0 Å². The summed E-state index contributed by atoms with van der Waals surface area (Å²) in [5, 5.41) is 2.36. The number of rotatable bonds is 9. The van der Waals surface area contributed by atoms with Crippen LogP contribution in [0.4, 0.5) is 14.5 Å². The number of sulfonamides is 1. The molecule has 0 fully saturated rings. The summed E-state index contributed by atoms with van der Waals surface area (Å²) in [6.45, 7) is -0.00803. The van der Waals surface area contributed by atoms with Crippen molar-refractivity contribution >= 4 is 21.6 Å². The Balaban J connectivity index is 1.88. The molecule has 1 amide bonds.